The van der Waals surface area contributed by atoms with Gasteiger partial charge >= 0.3 is 0 Å². The highest BCUT2D eigenvalue weighted by Gasteiger charge is 2.31. The fourth-order valence-electron chi connectivity index (χ4n) is 3.21. The number of nitrogens with one attached hydrogen (secondary N) is 1. The molecule has 2 fully saturated rings. The van der Waals surface area contributed by atoms with Gasteiger partial charge in [-0.2, -0.15) is 0 Å². The normalized spacial score (nSPS) is 27.0. The zero-order chi connectivity index (χ0) is 12.5. The fourth-order valence-corrected chi connectivity index (χ4v) is 3.21. The maximum atomic E-state index is 3.76. The second kappa shape index (κ2) is 5.25. The lowest BCUT2D eigenvalue weighted by Crippen LogP contribution is -2.41. The largest absolute Gasteiger partial charge is 0.310 e. The van der Waals surface area contributed by atoms with Gasteiger partial charge < -0.3 is 15.1 Å². The molecule has 1 unspecified atom stereocenters. The molecule has 1 N–H and O–H groups in total. The summed E-state index contributed by atoms with van der Waals surface area (Å²) in [7, 11) is 4.34. The van der Waals surface area contributed by atoms with Crippen LogP contribution >= 0.6 is 0 Å². The number of likely N-dealkylation sites (tertiary alicyclic amines) is 1. The molecule has 1 saturated heterocycles. The lowest BCUT2D eigenvalue weighted by molar-refractivity contribution is 0.162. The van der Waals surface area contributed by atoms with E-state index in [0.29, 0.717) is 5.41 Å². The maximum absolute atomic E-state index is 3.76. The van der Waals surface area contributed by atoms with Gasteiger partial charge in [-0.25, -0.2) is 0 Å². The van der Waals surface area contributed by atoms with Crippen molar-refractivity contribution in [1.29, 1.82) is 0 Å². The van der Waals surface area contributed by atoms with Crippen molar-refractivity contribution in [3.8, 4) is 0 Å². The molecule has 17 heavy (non-hydrogen) atoms. The molecule has 1 atom stereocenters. The SMILES string of the molecule is CN(C)CC(C)(C)CN1CCC(NC2CC2)C1. The average Bonchev–Trinajstić information content (AvgIpc) is 2.85. The van der Waals surface area contributed by atoms with Gasteiger partial charge in [-0.05, 0) is 45.3 Å². The van der Waals surface area contributed by atoms with Crippen LogP contribution in [0.1, 0.15) is 33.1 Å². The first-order chi connectivity index (χ1) is 7.94. The van der Waals surface area contributed by atoms with Crippen LogP contribution in [-0.4, -0.2) is 62.2 Å². The minimum absolute atomic E-state index is 0.401. The van der Waals surface area contributed by atoms with Gasteiger partial charge in [-0.3, -0.25) is 0 Å². The molecule has 1 saturated carbocycles. The summed E-state index contributed by atoms with van der Waals surface area (Å²) in [5.41, 5.74) is 0.401. The Labute approximate surface area is 107 Å². The summed E-state index contributed by atoms with van der Waals surface area (Å²) in [6, 6.07) is 1.62. The van der Waals surface area contributed by atoms with Gasteiger partial charge in [0.2, 0.25) is 0 Å². The van der Waals surface area contributed by atoms with E-state index in [9.17, 15) is 0 Å². The fraction of sp³-hybridized carbons (Fsp3) is 1.00. The molecule has 0 aromatic heterocycles. The number of hydrogen-bond donors (Lipinski definition) is 1. The van der Waals surface area contributed by atoms with Crippen LogP contribution in [0.4, 0.5) is 0 Å². The molecular weight excluding hydrogens is 210 g/mol. The molecule has 1 aliphatic heterocycles. The lowest BCUT2D eigenvalue weighted by atomic mass is 9.92. The van der Waals surface area contributed by atoms with E-state index < -0.39 is 0 Å². The van der Waals surface area contributed by atoms with Crippen LogP contribution in [-0.2, 0) is 0 Å². The lowest BCUT2D eigenvalue weighted by Gasteiger charge is -2.32. The third-order valence-electron chi connectivity index (χ3n) is 3.72. The summed E-state index contributed by atoms with van der Waals surface area (Å²) in [5.74, 6) is 0. The zero-order valence-corrected chi connectivity index (χ0v) is 12.0. The Morgan fingerprint density at radius 1 is 1.18 bits per heavy atom. The van der Waals surface area contributed by atoms with Crippen LogP contribution in [0.2, 0.25) is 0 Å². The van der Waals surface area contributed by atoms with Gasteiger partial charge in [0, 0.05) is 31.7 Å². The molecule has 0 radical (unpaired) electrons. The highest BCUT2D eigenvalue weighted by Crippen LogP contribution is 2.24. The minimum Gasteiger partial charge on any atom is -0.310 e. The smallest absolute Gasteiger partial charge is 0.0209 e. The van der Waals surface area contributed by atoms with Gasteiger partial charge in [0.15, 0.2) is 0 Å². The standard InChI is InChI=1S/C14H29N3/c1-14(2,10-16(3)4)11-17-8-7-13(9-17)15-12-5-6-12/h12-13,15H,5-11H2,1-4H3. The van der Waals surface area contributed by atoms with E-state index in [4.69, 9.17) is 0 Å². The highest BCUT2D eigenvalue weighted by molar-refractivity contribution is 4.90. The van der Waals surface area contributed by atoms with Crippen molar-refractivity contribution in [2.45, 2.75) is 45.2 Å². The minimum atomic E-state index is 0.401. The molecule has 3 nitrogen and oxygen atoms in total. The van der Waals surface area contributed by atoms with Crippen LogP contribution in [0.3, 0.4) is 0 Å². The van der Waals surface area contributed by atoms with Crippen molar-refractivity contribution in [2.75, 3.05) is 40.3 Å². The summed E-state index contributed by atoms with van der Waals surface area (Å²) >= 11 is 0. The number of nitrogens with zero attached hydrogens (tertiary/aromatic N) is 2. The number of hydrogen-bond acceptors (Lipinski definition) is 3. The monoisotopic (exact) mass is 239 g/mol. The summed E-state index contributed by atoms with van der Waals surface area (Å²) in [5, 5.41) is 3.76. The summed E-state index contributed by atoms with van der Waals surface area (Å²) in [6.07, 6.45) is 4.15. The molecule has 0 spiro atoms. The van der Waals surface area contributed by atoms with Gasteiger partial charge in [0.05, 0.1) is 0 Å². The first kappa shape index (κ1) is 13.3. The Morgan fingerprint density at radius 3 is 2.47 bits per heavy atom. The Kier molecular flexibility index (Phi) is 4.11. The van der Waals surface area contributed by atoms with Crippen LogP contribution in [0.15, 0.2) is 0 Å². The van der Waals surface area contributed by atoms with Crippen molar-refractivity contribution in [1.82, 2.24) is 15.1 Å². The molecule has 100 valence electrons. The van der Waals surface area contributed by atoms with Gasteiger partial charge in [-0.1, -0.05) is 13.8 Å². The van der Waals surface area contributed by atoms with Crippen molar-refractivity contribution >= 4 is 0 Å². The predicted molar refractivity (Wildman–Crippen MR) is 73.3 cm³/mol. The average molecular weight is 239 g/mol. The Bertz CT molecular complexity index is 246. The third kappa shape index (κ3) is 4.57. The first-order valence-electron chi connectivity index (χ1n) is 7.08. The summed E-state index contributed by atoms with van der Waals surface area (Å²) in [4.78, 5) is 4.94. The molecule has 1 heterocycles. The number of rotatable bonds is 6. The molecule has 2 aliphatic rings. The van der Waals surface area contributed by atoms with E-state index in [1.807, 2.05) is 0 Å². The van der Waals surface area contributed by atoms with Crippen LogP contribution < -0.4 is 5.32 Å². The quantitative estimate of drug-likeness (QED) is 0.756. The van der Waals surface area contributed by atoms with Gasteiger partial charge in [0.25, 0.3) is 0 Å². The molecule has 0 aromatic carbocycles. The Hall–Kier alpha value is -0.120. The second-order valence-electron chi connectivity index (χ2n) is 7.06. The van der Waals surface area contributed by atoms with Crippen molar-refractivity contribution < 1.29 is 0 Å². The molecular formula is C14H29N3. The zero-order valence-electron chi connectivity index (χ0n) is 12.0. The molecule has 0 bridgehead atoms. The molecule has 3 heteroatoms. The Balaban J connectivity index is 1.72. The topological polar surface area (TPSA) is 18.5 Å². The predicted octanol–water partition coefficient (Wildman–Crippen LogP) is 1.40. The van der Waals surface area contributed by atoms with Crippen molar-refractivity contribution in [2.24, 2.45) is 5.41 Å². The van der Waals surface area contributed by atoms with E-state index in [0.717, 1.165) is 12.1 Å². The highest BCUT2D eigenvalue weighted by atomic mass is 15.2. The maximum Gasteiger partial charge on any atom is 0.0209 e. The molecule has 0 amide bonds. The van der Waals surface area contributed by atoms with E-state index in [1.165, 1.54) is 45.4 Å². The van der Waals surface area contributed by atoms with E-state index >= 15 is 0 Å². The van der Waals surface area contributed by atoms with Gasteiger partial charge in [-0.15, -0.1) is 0 Å². The molecule has 2 rings (SSSR count). The van der Waals surface area contributed by atoms with Crippen LogP contribution in [0.5, 0.6) is 0 Å². The van der Waals surface area contributed by atoms with E-state index in [1.54, 1.807) is 0 Å². The van der Waals surface area contributed by atoms with Crippen LogP contribution in [0.25, 0.3) is 0 Å². The first-order valence-corrected chi connectivity index (χ1v) is 7.08. The molecule has 1 aliphatic carbocycles. The van der Waals surface area contributed by atoms with Gasteiger partial charge in [0.1, 0.15) is 0 Å². The summed E-state index contributed by atoms with van der Waals surface area (Å²) in [6.45, 7) is 9.70. The van der Waals surface area contributed by atoms with Crippen molar-refractivity contribution in [3.63, 3.8) is 0 Å². The van der Waals surface area contributed by atoms with Crippen molar-refractivity contribution in [3.05, 3.63) is 0 Å². The van der Waals surface area contributed by atoms with E-state index in [2.05, 4.69) is 43.1 Å². The Morgan fingerprint density at radius 2 is 1.88 bits per heavy atom. The summed E-state index contributed by atoms with van der Waals surface area (Å²) < 4.78 is 0. The third-order valence-corrected chi connectivity index (χ3v) is 3.72. The van der Waals surface area contributed by atoms with E-state index in [-0.39, 0.29) is 0 Å². The second-order valence-corrected chi connectivity index (χ2v) is 7.06. The molecule has 0 aromatic rings. The van der Waals surface area contributed by atoms with Crippen LogP contribution in [0, 0.1) is 5.41 Å².